The lowest BCUT2D eigenvalue weighted by atomic mass is 9.53. The normalized spacial score (nSPS) is 26.6. The summed E-state index contributed by atoms with van der Waals surface area (Å²) >= 11 is 0. The quantitative estimate of drug-likeness (QED) is 0.241. The van der Waals surface area contributed by atoms with E-state index in [1.54, 1.807) is 18.2 Å². The van der Waals surface area contributed by atoms with Gasteiger partial charge in [-0.25, -0.2) is 0 Å². The van der Waals surface area contributed by atoms with Crippen LogP contribution >= 0.6 is 0 Å². The molecule has 2 aliphatic rings. The number of aliphatic hydroxyl groups is 1. The SMILES string of the molecule is CCC1CC(CC(=O)Oc2ccc(C(O)CNC(C)(C)C)cc2OC(=O)CC2CC(CC)C2(C)C)C1(C)C. The van der Waals surface area contributed by atoms with E-state index in [1.807, 2.05) is 20.8 Å². The molecule has 2 fully saturated rings. The van der Waals surface area contributed by atoms with Gasteiger partial charge in [-0.15, -0.1) is 0 Å². The third kappa shape index (κ3) is 6.98. The van der Waals surface area contributed by atoms with Crippen molar-refractivity contribution in [1.29, 1.82) is 0 Å². The maximum Gasteiger partial charge on any atom is 0.311 e. The Hall–Kier alpha value is -1.92. The molecule has 0 aliphatic heterocycles. The molecule has 0 bridgehead atoms. The molecule has 0 radical (unpaired) electrons. The average Bonchev–Trinajstić information content (AvgIpc) is 2.82. The Kier molecular flexibility index (Phi) is 9.41. The molecule has 5 atom stereocenters. The lowest BCUT2D eigenvalue weighted by molar-refractivity contribution is -0.143. The van der Waals surface area contributed by atoms with Crippen LogP contribution in [0.3, 0.4) is 0 Å². The molecule has 6 heteroatoms. The van der Waals surface area contributed by atoms with Gasteiger partial charge in [0, 0.05) is 24.9 Å². The van der Waals surface area contributed by atoms with E-state index in [-0.39, 0.29) is 51.6 Å². The van der Waals surface area contributed by atoms with Crippen molar-refractivity contribution in [3.63, 3.8) is 0 Å². The second-order valence-electron chi connectivity index (χ2n) is 13.9. The standard InChI is InChI=1S/C32H51NO5/c1-10-21-15-23(31(21,6)7)17-28(35)37-26-13-12-20(25(34)19-33-30(3,4)5)14-27(26)38-29(36)18-24-16-22(11-2)32(24,8)9/h12-14,21-25,33-34H,10-11,15-19H2,1-9H3. The monoisotopic (exact) mass is 529 g/mol. The summed E-state index contributed by atoms with van der Waals surface area (Å²) in [6.07, 6.45) is 4.14. The molecule has 2 saturated carbocycles. The zero-order valence-electron chi connectivity index (χ0n) is 25.1. The van der Waals surface area contributed by atoms with Crippen LogP contribution in [-0.4, -0.2) is 29.1 Å². The van der Waals surface area contributed by atoms with Crippen LogP contribution in [0.4, 0.5) is 0 Å². The number of hydrogen-bond acceptors (Lipinski definition) is 6. The Labute approximate surface area is 230 Å². The Balaban J connectivity index is 1.73. The first-order chi connectivity index (χ1) is 17.6. The van der Waals surface area contributed by atoms with Gasteiger partial charge in [0.05, 0.1) is 6.10 Å². The van der Waals surface area contributed by atoms with E-state index in [0.717, 1.165) is 25.7 Å². The van der Waals surface area contributed by atoms with Crippen LogP contribution in [-0.2, 0) is 9.59 Å². The van der Waals surface area contributed by atoms with E-state index in [1.165, 1.54) is 0 Å². The zero-order valence-corrected chi connectivity index (χ0v) is 25.1. The fourth-order valence-corrected chi connectivity index (χ4v) is 6.47. The number of rotatable bonds is 11. The van der Waals surface area contributed by atoms with Gasteiger partial charge in [-0.1, -0.05) is 60.5 Å². The van der Waals surface area contributed by atoms with Crippen molar-refractivity contribution in [3.05, 3.63) is 23.8 Å². The molecule has 2 aliphatic carbocycles. The van der Waals surface area contributed by atoms with Crippen LogP contribution in [0, 0.1) is 34.5 Å². The molecule has 5 unspecified atom stereocenters. The molecule has 2 N–H and O–H groups in total. The molecular weight excluding hydrogens is 478 g/mol. The number of aliphatic hydroxyl groups excluding tert-OH is 1. The number of carbonyl (C=O) groups excluding carboxylic acids is 2. The van der Waals surface area contributed by atoms with Crippen molar-refractivity contribution in [2.75, 3.05) is 6.54 Å². The van der Waals surface area contributed by atoms with Crippen LogP contribution < -0.4 is 14.8 Å². The molecule has 38 heavy (non-hydrogen) atoms. The lowest BCUT2D eigenvalue weighted by Gasteiger charge is -2.52. The van der Waals surface area contributed by atoms with Crippen molar-refractivity contribution in [3.8, 4) is 11.5 Å². The van der Waals surface area contributed by atoms with Gasteiger partial charge in [-0.3, -0.25) is 9.59 Å². The van der Waals surface area contributed by atoms with Crippen LogP contribution in [0.15, 0.2) is 18.2 Å². The predicted octanol–water partition coefficient (Wildman–Crippen LogP) is 6.84. The second-order valence-corrected chi connectivity index (χ2v) is 13.9. The van der Waals surface area contributed by atoms with Gasteiger partial charge < -0.3 is 19.9 Å². The van der Waals surface area contributed by atoms with Crippen LogP contribution in [0.25, 0.3) is 0 Å². The van der Waals surface area contributed by atoms with Crippen molar-refractivity contribution < 1.29 is 24.2 Å². The first-order valence-corrected chi connectivity index (χ1v) is 14.6. The summed E-state index contributed by atoms with van der Waals surface area (Å²) in [4.78, 5) is 26.0. The van der Waals surface area contributed by atoms with E-state index >= 15 is 0 Å². The molecule has 3 rings (SSSR count). The lowest BCUT2D eigenvalue weighted by Crippen LogP contribution is -2.45. The molecule has 6 nitrogen and oxygen atoms in total. The minimum Gasteiger partial charge on any atom is -0.423 e. The minimum absolute atomic E-state index is 0.103. The Morgan fingerprint density at radius 3 is 1.79 bits per heavy atom. The van der Waals surface area contributed by atoms with Crippen molar-refractivity contribution in [1.82, 2.24) is 5.32 Å². The first-order valence-electron chi connectivity index (χ1n) is 14.6. The molecule has 0 aromatic heterocycles. The summed E-state index contributed by atoms with van der Waals surface area (Å²) in [5, 5.41) is 14.1. The van der Waals surface area contributed by atoms with Gasteiger partial charge in [0.2, 0.25) is 0 Å². The van der Waals surface area contributed by atoms with Gasteiger partial charge in [0.25, 0.3) is 0 Å². The summed E-state index contributed by atoms with van der Waals surface area (Å²) in [7, 11) is 0. The second kappa shape index (κ2) is 11.7. The number of benzene rings is 1. The van der Waals surface area contributed by atoms with E-state index in [0.29, 0.717) is 36.8 Å². The number of nitrogens with one attached hydrogen (secondary N) is 1. The third-order valence-electron chi connectivity index (χ3n) is 9.78. The summed E-state index contributed by atoms with van der Waals surface area (Å²) in [5.41, 5.74) is 0.670. The van der Waals surface area contributed by atoms with Crippen molar-refractivity contribution in [2.45, 2.75) is 112 Å². The van der Waals surface area contributed by atoms with Crippen LogP contribution in [0.2, 0.25) is 0 Å². The highest BCUT2D eigenvalue weighted by atomic mass is 16.6. The number of ether oxygens (including phenoxy) is 2. The molecule has 0 heterocycles. The maximum absolute atomic E-state index is 13.0. The average molecular weight is 530 g/mol. The Morgan fingerprint density at radius 1 is 0.895 bits per heavy atom. The Morgan fingerprint density at radius 2 is 1.37 bits per heavy atom. The summed E-state index contributed by atoms with van der Waals surface area (Å²) < 4.78 is 11.6. The third-order valence-corrected chi connectivity index (χ3v) is 9.78. The van der Waals surface area contributed by atoms with Gasteiger partial charge >= 0.3 is 11.9 Å². The fraction of sp³-hybridized carbons (Fsp3) is 0.750. The van der Waals surface area contributed by atoms with E-state index in [2.05, 4.69) is 46.9 Å². The van der Waals surface area contributed by atoms with Gasteiger partial charge in [0.15, 0.2) is 11.5 Å². The van der Waals surface area contributed by atoms with E-state index in [4.69, 9.17) is 9.47 Å². The summed E-state index contributed by atoms with van der Waals surface area (Å²) in [6.45, 7) is 19.7. The fourth-order valence-electron chi connectivity index (χ4n) is 6.47. The van der Waals surface area contributed by atoms with Gasteiger partial charge in [-0.2, -0.15) is 0 Å². The zero-order chi connectivity index (χ0) is 28.5. The largest absolute Gasteiger partial charge is 0.423 e. The maximum atomic E-state index is 13.0. The minimum atomic E-state index is -0.797. The predicted molar refractivity (Wildman–Crippen MR) is 151 cm³/mol. The number of hydrogen-bond donors (Lipinski definition) is 2. The Bertz CT molecular complexity index is 992. The number of esters is 2. The molecule has 0 spiro atoms. The smallest absolute Gasteiger partial charge is 0.311 e. The molecule has 0 saturated heterocycles. The molecule has 1 aromatic rings. The highest BCUT2D eigenvalue weighted by molar-refractivity contribution is 5.77. The van der Waals surface area contributed by atoms with Crippen LogP contribution in [0.5, 0.6) is 11.5 Å². The van der Waals surface area contributed by atoms with Gasteiger partial charge in [0.1, 0.15) is 0 Å². The molecular formula is C32H51NO5. The first kappa shape index (κ1) is 30.6. The van der Waals surface area contributed by atoms with Crippen molar-refractivity contribution >= 4 is 11.9 Å². The molecule has 1 aromatic carbocycles. The summed E-state index contributed by atoms with van der Waals surface area (Å²) in [5.74, 6) is 1.57. The number of carbonyl (C=O) groups is 2. The highest BCUT2D eigenvalue weighted by Gasteiger charge is 2.48. The van der Waals surface area contributed by atoms with Gasteiger partial charge in [-0.05, 0) is 85.8 Å². The molecule has 0 amide bonds. The van der Waals surface area contributed by atoms with Crippen molar-refractivity contribution in [2.24, 2.45) is 34.5 Å². The highest BCUT2D eigenvalue weighted by Crippen LogP contribution is 2.55. The van der Waals surface area contributed by atoms with Crippen LogP contribution in [0.1, 0.15) is 113 Å². The topological polar surface area (TPSA) is 84.9 Å². The summed E-state index contributed by atoms with van der Waals surface area (Å²) in [6, 6.07) is 5.00. The van der Waals surface area contributed by atoms with E-state index < -0.39 is 6.10 Å². The molecule has 214 valence electrons. The number of β-amino-alcohol motifs (C(OH)–C–C–N with tert-alkyl or cyclic N) is 1. The van der Waals surface area contributed by atoms with E-state index in [9.17, 15) is 14.7 Å².